The Bertz CT molecular complexity index is 1570. The minimum atomic E-state index is -4.67. The first-order valence-corrected chi connectivity index (χ1v) is 12.8. The number of carbonyl (C=O) groups is 3. The Balaban J connectivity index is 1.86. The number of benzene rings is 2. The number of hydrogen-bond acceptors (Lipinski definition) is 6. The van der Waals surface area contributed by atoms with Crippen molar-refractivity contribution in [2.75, 3.05) is 13.2 Å². The van der Waals surface area contributed by atoms with Crippen molar-refractivity contribution in [2.45, 2.75) is 44.4 Å². The van der Waals surface area contributed by atoms with Crippen molar-refractivity contribution < 1.29 is 54.6 Å². The zero-order valence-electron chi connectivity index (χ0n) is 22.1. The molecule has 3 rings (SSSR count). The molecule has 0 spiro atoms. The van der Waals surface area contributed by atoms with Gasteiger partial charge in [-0.1, -0.05) is 24.6 Å². The van der Waals surface area contributed by atoms with Crippen LogP contribution in [0.15, 0.2) is 41.3 Å². The van der Waals surface area contributed by atoms with Gasteiger partial charge in [-0.25, -0.2) is 8.78 Å². The molecule has 0 bridgehead atoms. The van der Waals surface area contributed by atoms with Crippen molar-refractivity contribution in [3.05, 3.63) is 75.2 Å². The number of ketones is 1. The minimum absolute atomic E-state index is 0.0375. The second-order valence-corrected chi connectivity index (χ2v) is 9.52. The maximum absolute atomic E-state index is 14.0. The van der Waals surface area contributed by atoms with Gasteiger partial charge in [0.15, 0.2) is 23.2 Å². The molecule has 232 valence electrons. The number of pyridine rings is 1. The lowest BCUT2D eigenvalue weighted by Crippen LogP contribution is -2.48. The normalized spacial score (nSPS) is 13.0. The van der Waals surface area contributed by atoms with Gasteiger partial charge in [0, 0.05) is 22.7 Å². The van der Waals surface area contributed by atoms with E-state index in [1.165, 1.54) is 25.3 Å². The van der Waals surface area contributed by atoms with Gasteiger partial charge in [0.1, 0.15) is 18.7 Å². The van der Waals surface area contributed by atoms with Crippen LogP contribution in [0.1, 0.15) is 32.2 Å². The third-order valence-corrected chi connectivity index (χ3v) is 6.31. The first-order chi connectivity index (χ1) is 20.1. The lowest BCUT2D eigenvalue weighted by Gasteiger charge is -2.23. The summed E-state index contributed by atoms with van der Waals surface area (Å²) in [6.07, 6.45) is -5.99. The third-order valence-electron chi connectivity index (χ3n) is 6.07. The second-order valence-electron chi connectivity index (χ2n) is 9.09. The highest BCUT2D eigenvalue weighted by Gasteiger charge is 2.32. The van der Waals surface area contributed by atoms with Crippen molar-refractivity contribution in [3.8, 4) is 5.75 Å². The summed E-state index contributed by atoms with van der Waals surface area (Å²) in [5, 5.41) is 3.06. The number of Topliss-reactive ketones (excluding diaryl/α,β-unsaturated/α-hetero) is 1. The highest BCUT2D eigenvalue weighted by Crippen LogP contribution is 2.27. The number of carbonyl (C=O) groups excluding carboxylic acids is 3. The van der Waals surface area contributed by atoms with Gasteiger partial charge >= 0.3 is 12.1 Å². The molecule has 0 fully saturated rings. The quantitative estimate of drug-likeness (QED) is 0.167. The Hall–Kier alpha value is -4.14. The number of ether oxygens (including phenoxy) is 2. The number of aromatic nitrogens is 1. The van der Waals surface area contributed by atoms with Crippen molar-refractivity contribution in [1.82, 2.24) is 9.88 Å². The summed E-state index contributed by atoms with van der Waals surface area (Å²) in [4.78, 5) is 51.4. The van der Waals surface area contributed by atoms with Crippen LogP contribution in [0.5, 0.6) is 5.75 Å². The van der Waals surface area contributed by atoms with E-state index in [1.54, 1.807) is 12.1 Å². The molecule has 2 aromatic carbocycles. The van der Waals surface area contributed by atoms with Crippen LogP contribution in [0.4, 0.5) is 30.7 Å². The number of hydrogen-bond donors (Lipinski definition) is 1. The Labute approximate surface area is 243 Å². The molecule has 16 heteroatoms. The Morgan fingerprint density at radius 2 is 1.67 bits per heavy atom. The van der Waals surface area contributed by atoms with E-state index in [4.69, 9.17) is 11.6 Å². The molecule has 2 atom stereocenters. The fourth-order valence-electron chi connectivity index (χ4n) is 3.92. The molecule has 43 heavy (non-hydrogen) atoms. The van der Waals surface area contributed by atoms with Crippen LogP contribution in [-0.4, -0.2) is 47.7 Å². The molecular weight excluding hydrogens is 617 g/mol. The summed E-state index contributed by atoms with van der Waals surface area (Å²) in [6.45, 7) is -0.948. The zero-order chi connectivity index (χ0) is 32.1. The molecule has 0 aliphatic carbocycles. The van der Waals surface area contributed by atoms with Gasteiger partial charge < -0.3 is 19.4 Å². The van der Waals surface area contributed by atoms with Gasteiger partial charge in [-0.2, -0.15) is 22.0 Å². The maximum atomic E-state index is 14.0. The first kappa shape index (κ1) is 33.4. The molecule has 0 aliphatic rings. The number of esters is 1. The minimum Gasteiger partial charge on any atom is -0.479 e. The van der Waals surface area contributed by atoms with Gasteiger partial charge in [-0.3, -0.25) is 19.2 Å². The van der Waals surface area contributed by atoms with Crippen molar-refractivity contribution in [3.63, 3.8) is 0 Å². The van der Waals surface area contributed by atoms with Gasteiger partial charge in [0.05, 0.1) is 19.4 Å². The number of amides is 1. The van der Waals surface area contributed by atoms with E-state index in [-0.39, 0.29) is 22.9 Å². The number of halogens is 8. The fraction of sp³-hybridized carbons (Fsp3) is 0.333. The summed E-state index contributed by atoms with van der Waals surface area (Å²) >= 11 is 5.97. The van der Waals surface area contributed by atoms with Gasteiger partial charge in [0.25, 0.3) is 5.56 Å². The van der Waals surface area contributed by atoms with Crippen LogP contribution in [-0.2, 0) is 19.1 Å². The Morgan fingerprint density at radius 3 is 2.28 bits per heavy atom. The molecule has 1 amide bonds. The van der Waals surface area contributed by atoms with Crippen molar-refractivity contribution in [2.24, 2.45) is 0 Å². The summed E-state index contributed by atoms with van der Waals surface area (Å²) in [6, 6.07) is 2.68. The topological polar surface area (TPSA) is 104 Å². The molecule has 1 aromatic heterocycles. The van der Waals surface area contributed by atoms with Crippen LogP contribution >= 0.6 is 11.6 Å². The first-order valence-electron chi connectivity index (χ1n) is 12.4. The molecule has 1 unspecified atom stereocenters. The van der Waals surface area contributed by atoms with Gasteiger partial charge in [-0.05, 0) is 30.0 Å². The van der Waals surface area contributed by atoms with Crippen molar-refractivity contribution in [1.29, 1.82) is 0 Å². The molecule has 8 nitrogen and oxygen atoms in total. The van der Waals surface area contributed by atoms with E-state index in [2.05, 4.69) is 14.8 Å². The van der Waals surface area contributed by atoms with E-state index >= 15 is 0 Å². The van der Waals surface area contributed by atoms with E-state index < -0.39 is 96.6 Å². The van der Waals surface area contributed by atoms with Crippen LogP contribution in [0.3, 0.4) is 0 Å². The summed E-state index contributed by atoms with van der Waals surface area (Å²) < 4.78 is 102. The third kappa shape index (κ3) is 8.46. The average molecular weight is 639 g/mol. The molecule has 0 saturated heterocycles. The zero-order valence-corrected chi connectivity index (χ0v) is 22.8. The fourth-order valence-corrected chi connectivity index (χ4v) is 4.09. The number of alkyl halides is 3. The van der Waals surface area contributed by atoms with E-state index in [9.17, 15) is 49.9 Å². The highest BCUT2D eigenvalue weighted by atomic mass is 35.5. The van der Waals surface area contributed by atoms with Gasteiger partial charge in [-0.15, -0.1) is 0 Å². The SMILES string of the molecule is CCC(C(=O)N[C@@H](CC(=O)OCCC(F)(F)F)C(=O)COc1c(F)c(F)cc(F)c1F)n1ccc2ccc(Cl)cc2c1=O. The van der Waals surface area contributed by atoms with Crippen molar-refractivity contribution >= 4 is 40.0 Å². The average Bonchev–Trinajstić information content (AvgIpc) is 2.92. The monoisotopic (exact) mass is 638 g/mol. The molecule has 1 N–H and O–H groups in total. The van der Waals surface area contributed by atoms with Gasteiger partial charge in [0.2, 0.25) is 17.5 Å². The Morgan fingerprint density at radius 1 is 1.02 bits per heavy atom. The smallest absolute Gasteiger partial charge is 0.392 e. The Kier molecular flexibility index (Phi) is 10.8. The number of rotatable bonds is 12. The van der Waals surface area contributed by atoms with E-state index in [0.717, 1.165) is 4.57 Å². The molecule has 3 aromatic rings. The molecular formula is C27H22ClF7N2O6. The lowest BCUT2D eigenvalue weighted by molar-refractivity contribution is -0.160. The number of nitrogens with zero attached hydrogens (tertiary/aromatic N) is 1. The largest absolute Gasteiger partial charge is 0.479 e. The molecule has 0 aliphatic heterocycles. The number of nitrogens with one attached hydrogen (secondary N) is 1. The van der Waals surface area contributed by atoms with Crippen LogP contribution < -0.4 is 15.6 Å². The summed E-state index contributed by atoms with van der Waals surface area (Å²) in [7, 11) is 0. The standard InChI is InChI=1S/C27H22ClF7N2O6/c1-2-19(37-7-5-13-3-4-14(28)9-15(13)26(37)41)25(40)36-18(11-21(39)42-8-6-27(33,34)35)20(38)12-43-24-22(31)16(29)10-17(30)23(24)32/h3-5,7,9-10,18-19H,2,6,8,11-12H2,1H3,(H,36,40)/t18-,19?/m0/s1. The van der Waals surface area contributed by atoms with Crippen LogP contribution in [0.25, 0.3) is 10.8 Å². The predicted molar refractivity (Wildman–Crippen MR) is 138 cm³/mol. The van der Waals surface area contributed by atoms with E-state index in [0.29, 0.717) is 5.39 Å². The van der Waals surface area contributed by atoms with Crippen LogP contribution in [0, 0.1) is 23.3 Å². The molecule has 0 radical (unpaired) electrons. The van der Waals surface area contributed by atoms with E-state index in [1.807, 2.05) is 0 Å². The molecule has 1 heterocycles. The summed E-state index contributed by atoms with van der Waals surface area (Å²) in [5.41, 5.74) is -0.640. The lowest BCUT2D eigenvalue weighted by atomic mass is 10.1. The molecule has 0 saturated carbocycles. The predicted octanol–water partition coefficient (Wildman–Crippen LogP) is 5.18. The maximum Gasteiger partial charge on any atom is 0.392 e. The number of fused-ring (bicyclic) bond motifs is 1. The summed E-state index contributed by atoms with van der Waals surface area (Å²) in [5.74, 6) is -12.9. The highest BCUT2D eigenvalue weighted by molar-refractivity contribution is 6.31. The van der Waals surface area contributed by atoms with Crippen LogP contribution in [0.2, 0.25) is 5.02 Å². The second kappa shape index (κ2) is 13.9.